The van der Waals surface area contributed by atoms with Gasteiger partial charge < -0.3 is 9.94 Å². The van der Waals surface area contributed by atoms with Gasteiger partial charge in [0.05, 0.1) is 18.9 Å². The Bertz CT molecular complexity index is 187. The van der Waals surface area contributed by atoms with Crippen LogP contribution in [0, 0.1) is 5.92 Å². The van der Waals surface area contributed by atoms with Gasteiger partial charge in [-0.2, -0.15) is 0 Å². The summed E-state index contributed by atoms with van der Waals surface area (Å²) >= 11 is 0. The highest BCUT2D eigenvalue weighted by molar-refractivity contribution is 5.87. The third-order valence-corrected chi connectivity index (χ3v) is 2.08. The van der Waals surface area contributed by atoms with Crippen LogP contribution in [-0.2, 0) is 4.74 Å². The van der Waals surface area contributed by atoms with E-state index >= 15 is 0 Å². The van der Waals surface area contributed by atoms with Gasteiger partial charge in [0.1, 0.15) is 0 Å². The lowest BCUT2D eigenvalue weighted by Crippen LogP contribution is -2.27. The van der Waals surface area contributed by atoms with Gasteiger partial charge in [0.15, 0.2) is 0 Å². The first-order valence-electron chi connectivity index (χ1n) is 4.28. The van der Waals surface area contributed by atoms with E-state index in [1.54, 1.807) is 0 Å². The number of allylic oxidation sites excluding steroid dienone is 2. The van der Waals surface area contributed by atoms with Crippen LogP contribution in [0.2, 0.25) is 0 Å². The maximum absolute atomic E-state index is 8.67. The van der Waals surface area contributed by atoms with Gasteiger partial charge in [-0.25, -0.2) is 0 Å². The summed E-state index contributed by atoms with van der Waals surface area (Å²) in [5.41, 5.74) is 0.874. The van der Waals surface area contributed by atoms with Crippen molar-refractivity contribution in [3.8, 4) is 0 Å². The number of ether oxygens (including phenoxy) is 1. The SMILES string of the molecule is C/C=C/CC1COCC/C1=N\O. The molecule has 0 amide bonds. The highest BCUT2D eigenvalue weighted by atomic mass is 16.5. The zero-order valence-corrected chi connectivity index (χ0v) is 7.36. The fourth-order valence-electron chi connectivity index (χ4n) is 1.34. The van der Waals surface area contributed by atoms with E-state index in [-0.39, 0.29) is 5.92 Å². The molecule has 3 heteroatoms. The van der Waals surface area contributed by atoms with E-state index in [1.807, 2.05) is 13.0 Å². The van der Waals surface area contributed by atoms with Crippen molar-refractivity contribution >= 4 is 5.71 Å². The van der Waals surface area contributed by atoms with Crippen LogP contribution in [0.5, 0.6) is 0 Å². The standard InChI is InChI=1S/C9H15NO2/c1-2-3-4-8-7-12-6-5-9(8)10-11/h2-3,8,11H,4-7H2,1H3/b3-2+,10-9+. The number of hydrogen-bond acceptors (Lipinski definition) is 3. The lowest BCUT2D eigenvalue weighted by molar-refractivity contribution is 0.103. The average Bonchev–Trinajstić information content (AvgIpc) is 2.15. The fourth-order valence-corrected chi connectivity index (χ4v) is 1.34. The van der Waals surface area contributed by atoms with Crippen LogP contribution in [-0.4, -0.2) is 24.1 Å². The van der Waals surface area contributed by atoms with Gasteiger partial charge in [-0.15, -0.1) is 0 Å². The van der Waals surface area contributed by atoms with Gasteiger partial charge in [-0.05, 0) is 13.3 Å². The summed E-state index contributed by atoms with van der Waals surface area (Å²) in [7, 11) is 0. The molecule has 0 aromatic carbocycles. The molecule has 1 unspecified atom stereocenters. The maximum atomic E-state index is 8.67. The molecule has 0 radical (unpaired) electrons. The molecular weight excluding hydrogens is 154 g/mol. The zero-order valence-electron chi connectivity index (χ0n) is 7.36. The number of oxime groups is 1. The molecule has 1 aliphatic rings. The monoisotopic (exact) mass is 169 g/mol. The van der Waals surface area contributed by atoms with E-state index in [2.05, 4.69) is 11.2 Å². The molecule has 0 aliphatic carbocycles. The normalized spacial score (nSPS) is 28.4. The van der Waals surface area contributed by atoms with Crippen LogP contribution in [0.4, 0.5) is 0 Å². The lowest BCUT2D eigenvalue weighted by Gasteiger charge is -2.21. The molecule has 1 fully saturated rings. The van der Waals surface area contributed by atoms with Crippen molar-refractivity contribution in [3.05, 3.63) is 12.2 Å². The van der Waals surface area contributed by atoms with Gasteiger partial charge in [0.25, 0.3) is 0 Å². The van der Waals surface area contributed by atoms with Gasteiger partial charge in [-0.1, -0.05) is 17.3 Å². The molecule has 3 nitrogen and oxygen atoms in total. The Hall–Kier alpha value is -0.830. The quantitative estimate of drug-likeness (QED) is 0.389. The number of nitrogens with zero attached hydrogens (tertiary/aromatic N) is 1. The first-order chi connectivity index (χ1) is 5.88. The van der Waals surface area contributed by atoms with Crippen LogP contribution in [0.1, 0.15) is 19.8 Å². The summed E-state index contributed by atoms with van der Waals surface area (Å²) in [6, 6.07) is 0. The lowest BCUT2D eigenvalue weighted by atomic mass is 9.96. The summed E-state index contributed by atoms with van der Waals surface area (Å²) in [6.07, 6.45) is 5.75. The minimum atomic E-state index is 0.278. The van der Waals surface area contributed by atoms with Crippen LogP contribution >= 0.6 is 0 Å². The predicted octanol–water partition coefficient (Wildman–Crippen LogP) is 1.82. The molecule has 0 spiro atoms. The molecule has 1 aliphatic heterocycles. The van der Waals surface area contributed by atoms with E-state index in [1.165, 1.54) is 0 Å². The van der Waals surface area contributed by atoms with Crippen LogP contribution in [0.3, 0.4) is 0 Å². The Morgan fingerprint density at radius 2 is 2.58 bits per heavy atom. The highest BCUT2D eigenvalue weighted by Crippen LogP contribution is 2.15. The van der Waals surface area contributed by atoms with Gasteiger partial charge in [0, 0.05) is 12.3 Å². The maximum Gasteiger partial charge on any atom is 0.0650 e. The van der Waals surface area contributed by atoms with Gasteiger partial charge in [0.2, 0.25) is 0 Å². The van der Waals surface area contributed by atoms with Crippen molar-refractivity contribution < 1.29 is 9.94 Å². The van der Waals surface area contributed by atoms with Crippen molar-refractivity contribution in [1.29, 1.82) is 0 Å². The molecule has 0 saturated carbocycles. The molecule has 0 aromatic heterocycles. The Labute approximate surface area is 72.7 Å². The second kappa shape index (κ2) is 4.93. The van der Waals surface area contributed by atoms with Crippen molar-refractivity contribution in [2.45, 2.75) is 19.8 Å². The highest BCUT2D eigenvalue weighted by Gasteiger charge is 2.19. The van der Waals surface area contributed by atoms with E-state index in [0.29, 0.717) is 13.2 Å². The van der Waals surface area contributed by atoms with E-state index in [0.717, 1.165) is 18.6 Å². The number of rotatable bonds is 2. The molecule has 0 bridgehead atoms. The molecular formula is C9H15NO2. The predicted molar refractivity (Wildman–Crippen MR) is 47.6 cm³/mol. The number of hydrogen-bond donors (Lipinski definition) is 1. The van der Waals surface area contributed by atoms with E-state index in [9.17, 15) is 0 Å². The Kier molecular flexibility index (Phi) is 3.80. The van der Waals surface area contributed by atoms with Crippen LogP contribution in [0.25, 0.3) is 0 Å². The van der Waals surface area contributed by atoms with Crippen molar-refractivity contribution in [3.63, 3.8) is 0 Å². The third-order valence-electron chi connectivity index (χ3n) is 2.08. The first-order valence-corrected chi connectivity index (χ1v) is 4.28. The summed E-state index contributed by atoms with van der Waals surface area (Å²) < 4.78 is 5.29. The van der Waals surface area contributed by atoms with Gasteiger partial charge in [-0.3, -0.25) is 0 Å². The summed E-state index contributed by atoms with van der Waals surface area (Å²) in [5.74, 6) is 0.278. The Morgan fingerprint density at radius 3 is 3.25 bits per heavy atom. The van der Waals surface area contributed by atoms with Crippen molar-refractivity contribution in [2.24, 2.45) is 11.1 Å². The van der Waals surface area contributed by atoms with Gasteiger partial charge >= 0.3 is 0 Å². The summed E-state index contributed by atoms with van der Waals surface area (Å²) in [6.45, 7) is 3.36. The van der Waals surface area contributed by atoms with Crippen LogP contribution < -0.4 is 0 Å². The third kappa shape index (κ3) is 2.34. The van der Waals surface area contributed by atoms with Crippen molar-refractivity contribution in [1.82, 2.24) is 0 Å². The molecule has 0 aromatic rings. The summed E-state index contributed by atoms with van der Waals surface area (Å²) in [5, 5.41) is 12.0. The molecule has 1 saturated heterocycles. The molecule has 1 N–H and O–H groups in total. The smallest absolute Gasteiger partial charge is 0.0650 e. The average molecular weight is 169 g/mol. The Morgan fingerprint density at radius 1 is 1.75 bits per heavy atom. The zero-order chi connectivity index (χ0) is 8.81. The first kappa shape index (κ1) is 9.26. The molecule has 1 atom stereocenters. The molecule has 1 rings (SSSR count). The Balaban J connectivity index is 2.47. The molecule has 68 valence electrons. The molecule has 1 heterocycles. The van der Waals surface area contributed by atoms with E-state index < -0.39 is 0 Å². The summed E-state index contributed by atoms with van der Waals surface area (Å²) in [4.78, 5) is 0. The minimum Gasteiger partial charge on any atom is -0.411 e. The fraction of sp³-hybridized carbons (Fsp3) is 0.667. The van der Waals surface area contributed by atoms with Crippen LogP contribution in [0.15, 0.2) is 17.3 Å². The topological polar surface area (TPSA) is 41.8 Å². The minimum absolute atomic E-state index is 0.278. The second-order valence-electron chi connectivity index (χ2n) is 2.92. The molecule has 12 heavy (non-hydrogen) atoms. The second-order valence-corrected chi connectivity index (χ2v) is 2.92. The van der Waals surface area contributed by atoms with Crippen molar-refractivity contribution in [2.75, 3.05) is 13.2 Å². The largest absolute Gasteiger partial charge is 0.411 e. The van der Waals surface area contributed by atoms with E-state index in [4.69, 9.17) is 9.94 Å².